The summed E-state index contributed by atoms with van der Waals surface area (Å²) in [4.78, 5) is 0. The van der Waals surface area contributed by atoms with E-state index < -0.39 is 16.8 Å². The highest BCUT2D eigenvalue weighted by atomic mass is 35.5. The maximum Gasteiger partial charge on any atom is 0.428 e. The molecule has 0 saturated heterocycles. The Labute approximate surface area is 101 Å². The lowest BCUT2D eigenvalue weighted by Gasteiger charge is -2.08. The molecule has 0 amide bonds. The second-order valence-corrected chi connectivity index (χ2v) is 3.75. The number of nitrogens with zero attached hydrogens (tertiary/aromatic N) is 1. The molecule has 0 aromatic rings. The van der Waals surface area contributed by atoms with Crippen molar-refractivity contribution in [1.29, 1.82) is 5.26 Å². The van der Waals surface area contributed by atoms with E-state index in [1.807, 2.05) is 0 Å². The van der Waals surface area contributed by atoms with Gasteiger partial charge in [0.25, 0.3) is 0 Å². The van der Waals surface area contributed by atoms with Crippen molar-refractivity contribution in [2.75, 3.05) is 0 Å². The van der Waals surface area contributed by atoms with Crippen LogP contribution in [0.4, 0.5) is 13.2 Å². The van der Waals surface area contributed by atoms with Crippen molar-refractivity contribution < 1.29 is 13.2 Å². The van der Waals surface area contributed by atoms with Gasteiger partial charge in [0.2, 0.25) is 0 Å². The van der Waals surface area contributed by atoms with Gasteiger partial charge in [0.05, 0.1) is 5.57 Å². The van der Waals surface area contributed by atoms with E-state index in [0.29, 0.717) is 0 Å². The van der Waals surface area contributed by atoms with Gasteiger partial charge in [-0.05, 0) is 25.5 Å². The quantitative estimate of drug-likeness (QED) is 0.529. The van der Waals surface area contributed by atoms with Gasteiger partial charge in [0, 0.05) is 5.03 Å². The minimum Gasteiger partial charge on any atom is -0.192 e. The molecule has 0 spiro atoms. The van der Waals surface area contributed by atoms with Gasteiger partial charge in [0.1, 0.15) is 11.1 Å². The third-order valence-corrected chi connectivity index (χ3v) is 2.05. The zero-order valence-corrected chi connectivity index (χ0v) is 10.0. The van der Waals surface area contributed by atoms with Crippen molar-refractivity contribution >= 4 is 23.2 Å². The maximum absolute atomic E-state index is 12.3. The Bertz CT molecular complexity index is 393. The Balaban J connectivity index is 5.66. The molecule has 0 saturated carbocycles. The van der Waals surface area contributed by atoms with Crippen LogP contribution in [0.3, 0.4) is 0 Å². The first-order valence-corrected chi connectivity index (χ1v) is 4.87. The number of hydrogen-bond acceptors (Lipinski definition) is 1. The Morgan fingerprint density at radius 3 is 2.06 bits per heavy atom. The molecule has 0 heterocycles. The molecule has 0 atom stereocenters. The van der Waals surface area contributed by atoms with Gasteiger partial charge in [-0.2, -0.15) is 18.4 Å². The predicted molar refractivity (Wildman–Crippen MR) is 57.9 cm³/mol. The molecule has 88 valence electrons. The van der Waals surface area contributed by atoms with Crippen LogP contribution in [0.1, 0.15) is 13.8 Å². The van der Waals surface area contributed by atoms with E-state index in [-0.39, 0.29) is 10.6 Å². The summed E-state index contributed by atoms with van der Waals surface area (Å²) >= 11 is 10.6. The standard InChI is InChI=1S/C10H8Cl2F3N/c1-3-7(4-6(2)11)8(5-16)9(12)10(13,14)15/h3-4H,1-2H3. The molecule has 0 aliphatic carbocycles. The average molecular weight is 270 g/mol. The molecular formula is C10H8Cl2F3N. The first-order valence-electron chi connectivity index (χ1n) is 4.11. The zero-order valence-electron chi connectivity index (χ0n) is 8.49. The van der Waals surface area contributed by atoms with Crippen LogP contribution in [0.25, 0.3) is 0 Å². The third-order valence-electron chi connectivity index (χ3n) is 1.53. The van der Waals surface area contributed by atoms with E-state index in [0.717, 1.165) is 0 Å². The van der Waals surface area contributed by atoms with Crippen LogP contribution in [0.5, 0.6) is 0 Å². The Kier molecular flexibility index (Phi) is 5.63. The SMILES string of the molecule is CC=C(C=C(C)Cl)C(C#N)=C(Cl)C(F)(F)F. The van der Waals surface area contributed by atoms with E-state index in [9.17, 15) is 13.2 Å². The van der Waals surface area contributed by atoms with Gasteiger partial charge < -0.3 is 0 Å². The molecule has 0 aliphatic heterocycles. The largest absolute Gasteiger partial charge is 0.428 e. The number of nitriles is 1. The molecule has 6 heteroatoms. The molecule has 0 aromatic carbocycles. The molecule has 0 radical (unpaired) electrons. The fourth-order valence-electron chi connectivity index (χ4n) is 0.896. The van der Waals surface area contributed by atoms with Crippen LogP contribution in [0.15, 0.2) is 33.4 Å². The van der Waals surface area contributed by atoms with E-state index >= 15 is 0 Å². The Hall–Kier alpha value is -0.920. The number of allylic oxidation sites excluding steroid dienone is 6. The van der Waals surface area contributed by atoms with Crippen molar-refractivity contribution in [3.05, 3.63) is 33.4 Å². The van der Waals surface area contributed by atoms with Crippen molar-refractivity contribution in [1.82, 2.24) is 0 Å². The lowest BCUT2D eigenvalue weighted by molar-refractivity contribution is -0.0849. The second-order valence-electron chi connectivity index (χ2n) is 2.77. The van der Waals surface area contributed by atoms with E-state index in [1.54, 1.807) is 0 Å². The van der Waals surface area contributed by atoms with Crippen LogP contribution >= 0.6 is 23.2 Å². The molecule has 0 N–H and O–H groups in total. The Morgan fingerprint density at radius 1 is 1.31 bits per heavy atom. The third kappa shape index (κ3) is 4.30. The highest BCUT2D eigenvalue weighted by molar-refractivity contribution is 6.31. The summed E-state index contributed by atoms with van der Waals surface area (Å²) < 4.78 is 36.9. The molecule has 0 aromatic heterocycles. The summed E-state index contributed by atoms with van der Waals surface area (Å²) in [6.07, 6.45) is -2.16. The van der Waals surface area contributed by atoms with Crippen molar-refractivity contribution in [2.24, 2.45) is 0 Å². The highest BCUT2D eigenvalue weighted by Gasteiger charge is 2.35. The Morgan fingerprint density at radius 2 is 1.81 bits per heavy atom. The summed E-state index contributed by atoms with van der Waals surface area (Å²) in [5.74, 6) is 0. The van der Waals surface area contributed by atoms with Crippen molar-refractivity contribution in [3.8, 4) is 6.07 Å². The van der Waals surface area contributed by atoms with E-state index in [1.165, 1.54) is 32.1 Å². The number of rotatable bonds is 2. The smallest absolute Gasteiger partial charge is 0.192 e. The van der Waals surface area contributed by atoms with Crippen LogP contribution in [0.2, 0.25) is 0 Å². The number of alkyl halides is 3. The minimum atomic E-state index is -4.74. The van der Waals surface area contributed by atoms with Gasteiger partial charge >= 0.3 is 6.18 Å². The first-order chi connectivity index (χ1) is 7.23. The van der Waals surface area contributed by atoms with Crippen LogP contribution in [-0.2, 0) is 0 Å². The molecule has 0 fully saturated rings. The fourth-order valence-corrected chi connectivity index (χ4v) is 1.17. The molecular weight excluding hydrogens is 262 g/mol. The molecule has 0 unspecified atom stereocenters. The van der Waals surface area contributed by atoms with Gasteiger partial charge in [-0.15, -0.1) is 0 Å². The van der Waals surface area contributed by atoms with Gasteiger partial charge in [-0.3, -0.25) is 0 Å². The highest BCUT2D eigenvalue weighted by Crippen LogP contribution is 2.34. The second kappa shape index (κ2) is 5.97. The average Bonchev–Trinajstić information content (AvgIpc) is 2.15. The number of hydrogen-bond donors (Lipinski definition) is 0. The summed E-state index contributed by atoms with van der Waals surface area (Å²) in [6, 6.07) is 1.42. The molecule has 16 heavy (non-hydrogen) atoms. The molecule has 0 aliphatic rings. The monoisotopic (exact) mass is 269 g/mol. The van der Waals surface area contributed by atoms with Gasteiger partial charge in [-0.1, -0.05) is 29.3 Å². The number of halogens is 5. The maximum atomic E-state index is 12.3. The summed E-state index contributed by atoms with van der Waals surface area (Å²) in [5.41, 5.74) is -0.603. The molecule has 0 rings (SSSR count). The normalized spacial score (nSPS) is 15.6. The van der Waals surface area contributed by atoms with E-state index in [4.69, 9.17) is 28.5 Å². The van der Waals surface area contributed by atoms with Crippen LogP contribution in [0, 0.1) is 11.3 Å². The lowest BCUT2D eigenvalue weighted by Crippen LogP contribution is -2.10. The molecule has 0 bridgehead atoms. The van der Waals surface area contributed by atoms with Crippen LogP contribution in [-0.4, -0.2) is 6.18 Å². The first kappa shape index (κ1) is 15.1. The zero-order chi connectivity index (χ0) is 12.9. The van der Waals surface area contributed by atoms with Gasteiger partial charge in [0.15, 0.2) is 0 Å². The van der Waals surface area contributed by atoms with Gasteiger partial charge in [-0.25, -0.2) is 0 Å². The lowest BCUT2D eigenvalue weighted by atomic mass is 10.1. The fraction of sp³-hybridized carbons (Fsp3) is 0.300. The minimum absolute atomic E-state index is 0.0392. The van der Waals surface area contributed by atoms with Crippen molar-refractivity contribution in [3.63, 3.8) is 0 Å². The summed E-state index contributed by atoms with van der Waals surface area (Å²) in [5, 5.41) is 7.48. The van der Waals surface area contributed by atoms with Crippen LogP contribution < -0.4 is 0 Å². The van der Waals surface area contributed by atoms with E-state index in [2.05, 4.69) is 0 Å². The summed E-state index contributed by atoms with van der Waals surface area (Å²) in [6.45, 7) is 2.98. The topological polar surface area (TPSA) is 23.8 Å². The predicted octanol–water partition coefficient (Wildman–Crippen LogP) is 4.65. The summed E-state index contributed by atoms with van der Waals surface area (Å²) in [7, 11) is 0. The van der Waals surface area contributed by atoms with Crippen molar-refractivity contribution in [2.45, 2.75) is 20.0 Å². The molecule has 1 nitrogen and oxygen atoms in total.